The molecule has 1 atom stereocenters. The second-order valence-corrected chi connectivity index (χ2v) is 5.58. The van der Waals surface area contributed by atoms with E-state index in [0.717, 1.165) is 22.7 Å². The van der Waals surface area contributed by atoms with E-state index in [1.165, 1.54) is 0 Å². The monoisotopic (exact) mass is 325 g/mol. The van der Waals surface area contributed by atoms with E-state index in [1.54, 1.807) is 12.1 Å². The summed E-state index contributed by atoms with van der Waals surface area (Å²) in [4.78, 5) is 0. The van der Waals surface area contributed by atoms with Gasteiger partial charge in [-0.1, -0.05) is 29.3 Å². The Morgan fingerprint density at radius 1 is 1.10 bits per heavy atom. The molecule has 3 rings (SSSR count). The first-order valence-electron chi connectivity index (χ1n) is 6.38. The molecule has 1 aliphatic heterocycles. The van der Waals surface area contributed by atoms with E-state index in [0.29, 0.717) is 0 Å². The summed E-state index contributed by atoms with van der Waals surface area (Å²) in [5.74, 6) is 1.38. The second-order valence-electron chi connectivity index (χ2n) is 4.77. The van der Waals surface area contributed by atoms with Crippen LogP contribution in [0.5, 0.6) is 17.2 Å². The Kier molecular flexibility index (Phi) is 3.74. The molecule has 0 radical (unpaired) electrons. The van der Waals surface area contributed by atoms with Crippen molar-refractivity contribution in [3.05, 3.63) is 45.9 Å². The summed E-state index contributed by atoms with van der Waals surface area (Å²) < 4.78 is 10.7. The number of rotatable bonds is 3. The van der Waals surface area contributed by atoms with Gasteiger partial charge in [0.2, 0.25) is 6.79 Å². The topological polar surface area (TPSA) is 50.7 Å². The van der Waals surface area contributed by atoms with Crippen molar-refractivity contribution >= 4 is 28.9 Å². The minimum absolute atomic E-state index is 0.0103. The molecule has 4 nitrogen and oxygen atoms in total. The fraction of sp³-hybridized carbons (Fsp3) is 0.200. The highest BCUT2D eigenvalue weighted by Crippen LogP contribution is 2.37. The summed E-state index contributed by atoms with van der Waals surface area (Å²) in [6.45, 7) is 2.26. The highest BCUT2D eigenvalue weighted by Gasteiger charge is 2.16. The summed E-state index contributed by atoms with van der Waals surface area (Å²) >= 11 is 11.8. The zero-order valence-electron chi connectivity index (χ0n) is 11.2. The minimum atomic E-state index is -0.111. The van der Waals surface area contributed by atoms with Gasteiger partial charge in [-0.2, -0.15) is 0 Å². The van der Waals surface area contributed by atoms with Crippen LogP contribution < -0.4 is 14.8 Å². The maximum absolute atomic E-state index is 9.57. The molecule has 0 aromatic heterocycles. The van der Waals surface area contributed by atoms with Crippen LogP contribution in [0.3, 0.4) is 0 Å². The van der Waals surface area contributed by atoms with Crippen LogP contribution in [-0.4, -0.2) is 11.9 Å². The summed E-state index contributed by atoms with van der Waals surface area (Å²) in [6.07, 6.45) is 0. The van der Waals surface area contributed by atoms with Crippen molar-refractivity contribution in [3.8, 4) is 17.2 Å². The summed E-state index contributed by atoms with van der Waals surface area (Å²) in [7, 11) is 0. The average Bonchev–Trinajstić information content (AvgIpc) is 2.91. The molecule has 1 unspecified atom stereocenters. The Hall–Kier alpha value is -1.78. The predicted molar refractivity (Wildman–Crippen MR) is 82.7 cm³/mol. The number of hydrogen-bond acceptors (Lipinski definition) is 4. The molecule has 0 saturated carbocycles. The Morgan fingerprint density at radius 2 is 1.76 bits per heavy atom. The standard InChI is InChI=1S/C15H13Cl2NO3/c1-8(9-2-3-13-14(4-9)21-7-20-13)18-10-5-11(16)15(19)12(17)6-10/h2-6,8,18-19H,7H2,1H3. The molecular weight excluding hydrogens is 313 g/mol. The molecule has 2 N–H and O–H groups in total. The number of benzene rings is 2. The molecular formula is C15H13Cl2NO3. The van der Waals surface area contributed by atoms with Crippen LogP contribution in [-0.2, 0) is 0 Å². The lowest BCUT2D eigenvalue weighted by molar-refractivity contribution is 0.174. The predicted octanol–water partition coefficient (Wildman–Crippen LogP) is 4.60. The van der Waals surface area contributed by atoms with Gasteiger partial charge in [-0.05, 0) is 36.8 Å². The fourth-order valence-electron chi connectivity index (χ4n) is 2.16. The van der Waals surface area contributed by atoms with Crippen molar-refractivity contribution in [2.75, 3.05) is 12.1 Å². The van der Waals surface area contributed by atoms with Crippen molar-refractivity contribution in [2.45, 2.75) is 13.0 Å². The Morgan fingerprint density at radius 3 is 2.48 bits per heavy atom. The van der Waals surface area contributed by atoms with E-state index in [9.17, 15) is 5.11 Å². The number of anilines is 1. The molecule has 1 aliphatic rings. The molecule has 110 valence electrons. The number of ether oxygens (including phenoxy) is 2. The van der Waals surface area contributed by atoms with E-state index < -0.39 is 0 Å². The molecule has 2 aromatic rings. The number of phenolic OH excluding ortho intramolecular Hbond substituents is 1. The van der Waals surface area contributed by atoms with Gasteiger partial charge >= 0.3 is 0 Å². The Balaban J connectivity index is 1.81. The molecule has 0 spiro atoms. The maximum Gasteiger partial charge on any atom is 0.231 e. The van der Waals surface area contributed by atoms with E-state index in [-0.39, 0.29) is 28.6 Å². The summed E-state index contributed by atoms with van der Waals surface area (Å²) in [5.41, 5.74) is 1.77. The zero-order chi connectivity index (χ0) is 15.0. The first-order valence-corrected chi connectivity index (χ1v) is 7.14. The molecule has 0 fully saturated rings. The highest BCUT2D eigenvalue weighted by atomic mass is 35.5. The molecule has 0 amide bonds. The normalized spacial score (nSPS) is 14.0. The number of fused-ring (bicyclic) bond motifs is 1. The highest BCUT2D eigenvalue weighted by molar-refractivity contribution is 6.37. The summed E-state index contributed by atoms with van der Waals surface area (Å²) in [5, 5.41) is 13.3. The van der Waals surface area contributed by atoms with Gasteiger partial charge in [-0.3, -0.25) is 0 Å². The van der Waals surface area contributed by atoms with Crippen LogP contribution in [0.25, 0.3) is 0 Å². The smallest absolute Gasteiger partial charge is 0.231 e. The van der Waals surface area contributed by atoms with E-state index in [1.807, 2.05) is 25.1 Å². The van der Waals surface area contributed by atoms with Crippen molar-refractivity contribution in [1.82, 2.24) is 0 Å². The zero-order valence-corrected chi connectivity index (χ0v) is 12.7. The number of phenols is 1. The number of halogens is 2. The molecule has 0 saturated heterocycles. The third kappa shape index (κ3) is 2.82. The molecule has 0 aliphatic carbocycles. The third-order valence-electron chi connectivity index (χ3n) is 3.30. The van der Waals surface area contributed by atoms with Gasteiger partial charge in [-0.15, -0.1) is 0 Å². The van der Waals surface area contributed by atoms with Gasteiger partial charge in [-0.25, -0.2) is 0 Å². The quantitative estimate of drug-likeness (QED) is 0.809. The van der Waals surface area contributed by atoms with E-state index in [2.05, 4.69) is 5.32 Å². The van der Waals surface area contributed by atoms with Crippen molar-refractivity contribution < 1.29 is 14.6 Å². The Bertz CT molecular complexity index is 668. The van der Waals surface area contributed by atoms with Gasteiger partial charge in [0.15, 0.2) is 17.2 Å². The number of aromatic hydroxyl groups is 1. The first kappa shape index (κ1) is 14.2. The first-order chi connectivity index (χ1) is 10.0. The number of hydrogen-bond donors (Lipinski definition) is 2. The lowest BCUT2D eigenvalue weighted by atomic mass is 10.1. The molecule has 6 heteroatoms. The Labute approximate surface area is 132 Å². The van der Waals surface area contributed by atoms with Gasteiger partial charge in [0, 0.05) is 11.7 Å². The van der Waals surface area contributed by atoms with E-state index in [4.69, 9.17) is 32.7 Å². The van der Waals surface area contributed by atoms with Crippen LogP contribution in [0, 0.1) is 0 Å². The van der Waals surface area contributed by atoms with Gasteiger partial charge in [0.05, 0.1) is 10.0 Å². The van der Waals surface area contributed by atoms with Crippen LogP contribution >= 0.6 is 23.2 Å². The molecule has 2 aromatic carbocycles. The van der Waals surface area contributed by atoms with Gasteiger partial charge in [0.1, 0.15) is 0 Å². The minimum Gasteiger partial charge on any atom is -0.505 e. The van der Waals surface area contributed by atoms with Crippen LogP contribution in [0.4, 0.5) is 5.69 Å². The number of nitrogens with one attached hydrogen (secondary N) is 1. The lowest BCUT2D eigenvalue weighted by Crippen LogP contribution is -2.06. The molecule has 1 heterocycles. The SMILES string of the molecule is CC(Nc1cc(Cl)c(O)c(Cl)c1)c1ccc2c(c1)OCO2. The van der Waals surface area contributed by atoms with Crippen molar-refractivity contribution in [3.63, 3.8) is 0 Å². The van der Waals surface area contributed by atoms with Crippen molar-refractivity contribution in [1.29, 1.82) is 0 Å². The average molecular weight is 326 g/mol. The summed E-state index contributed by atoms with van der Waals surface area (Å²) in [6, 6.07) is 9.06. The molecule has 21 heavy (non-hydrogen) atoms. The van der Waals surface area contributed by atoms with Gasteiger partial charge in [0.25, 0.3) is 0 Å². The third-order valence-corrected chi connectivity index (χ3v) is 3.87. The second kappa shape index (κ2) is 5.54. The van der Waals surface area contributed by atoms with Crippen LogP contribution in [0.1, 0.15) is 18.5 Å². The molecule has 0 bridgehead atoms. The van der Waals surface area contributed by atoms with Crippen LogP contribution in [0.2, 0.25) is 10.0 Å². The lowest BCUT2D eigenvalue weighted by Gasteiger charge is -2.17. The van der Waals surface area contributed by atoms with Crippen molar-refractivity contribution in [2.24, 2.45) is 0 Å². The van der Waals surface area contributed by atoms with E-state index >= 15 is 0 Å². The fourth-order valence-corrected chi connectivity index (χ4v) is 2.65. The largest absolute Gasteiger partial charge is 0.505 e. The van der Waals surface area contributed by atoms with Gasteiger partial charge < -0.3 is 19.9 Å². The maximum atomic E-state index is 9.57. The van der Waals surface area contributed by atoms with Crippen LogP contribution in [0.15, 0.2) is 30.3 Å².